The Labute approximate surface area is 185 Å². The first-order valence-electron chi connectivity index (χ1n) is 9.99. The number of nitrogens with zero attached hydrogens (tertiary/aromatic N) is 2. The molecule has 0 aromatic heterocycles. The van der Waals surface area contributed by atoms with Crippen molar-refractivity contribution in [3.8, 4) is 11.5 Å². The van der Waals surface area contributed by atoms with Crippen LogP contribution < -0.4 is 14.4 Å². The Morgan fingerprint density at radius 3 is 2.55 bits per heavy atom. The van der Waals surface area contributed by atoms with Gasteiger partial charge in [0.25, 0.3) is 5.91 Å². The van der Waals surface area contributed by atoms with E-state index in [-0.39, 0.29) is 24.2 Å². The summed E-state index contributed by atoms with van der Waals surface area (Å²) in [6, 6.07) is 13.2. The number of anilines is 1. The van der Waals surface area contributed by atoms with Gasteiger partial charge in [0.2, 0.25) is 6.79 Å². The van der Waals surface area contributed by atoms with Crippen LogP contribution in [0.2, 0.25) is 0 Å². The third-order valence-electron chi connectivity index (χ3n) is 4.99. The maximum atomic E-state index is 13.3. The Balaban J connectivity index is 1.66. The topological polar surface area (TPSA) is 68.2 Å². The van der Waals surface area contributed by atoms with Gasteiger partial charge in [0.15, 0.2) is 16.7 Å². The zero-order valence-corrected chi connectivity index (χ0v) is 18.8. The first-order chi connectivity index (χ1) is 14.7. The van der Waals surface area contributed by atoms with Crippen LogP contribution in [0.4, 0.5) is 5.69 Å². The maximum absolute atomic E-state index is 13.3. The van der Waals surface area contributed by atoms with Crippen molar-refractivity contribution in [2.45, 2.75) is 27.7 Å². The van der Waals surface area contributed by atoms with Gasteiger partial charge in [0, 0.05) is 5.41 Å². The molecule has 0 radical (unpaired) electrons. The van der Waals surface area contributed by atoms with Gasteiger partial charge >= 0.3 is 0 Å². The number of hydrogen-bond donors (Lipinski definition) is 0. The van der Waals surface area contributed by atoms with Crippen LogP contribution in [0, 0.1) is 12.3 Å². The van der Waals surface area contributed by atoms with Crippen molar-refractivity contribution in [2.24, 2.45) is 10.4 Å². The van der Waals surface area contributed by atoms with Crippen LogP contribution in [-0.4, -0.2) is 29.4 Å². The lowest BCUT2D eigenvalue weighted by Crippen LogP contribution is -2.31. The van der Waals surface area contributed by atoms with Crippen molar-refractivity contribution in [1.82, 2.24) is 0 Å². The second kappa shape index (κ2) is 8.23. The Morgan fingerprint density at radius 1 is 1.13 bits per heavy atom. The monoisotopic (exact) mass is 436 g/mol. The third-order valence-corrected chi connectivity index (χ3v) is 5.93. The smallest absolute Gasteiger partial charge is 0.283 e. The van der Waals surface area contributed by atoms with Crippen molar-refractivity contribution in [3.63, 3.8) is 0 Å². The molecule has 7 heteroatoms. The number of Topliss-reactive ketones (excluding diaryl/α,β-unsaturated/α-hetero) is 1. The molecule has 2 heterocycles. The number of ether oxygens (including phenoxy) is 2. The van der Waals surface area contributed by atoms with Crippen molar-refractivity contribution >= 4 is 40.4 Å². The third kappa shape index (κ3) is 4.51. The number of ketones is 1. The van der Waals surface area contributed by atoms with Crippen molar-refractivity contribution in [3.05, 3.63) is 59.3 Å². The fourth-order valence-corrected chi connectivity index (χ4v) is 4.20. The minimum Gasteiger partial charge on any atom is -0.454 e. The van der Waals surface area contributed by atoms with Gasteiger partial charge in [-0.05, 0) is 42.8 Å². The maximum Gasteiger partial charge on any atom is 0.283 e. The fourth-order valence-electron chi connectivity index (χ4n) is 3.02. The standard InChI is InChI=1S/C24H24N2O4S/c1-15-5-8-17(9-6-15)26-22(28)18(25-23(26)31-13-21(27)24(2,3)4)11-16-7-10-19-20(12-16)30-14-29-19/h5-12H,13-14H2,1-4H3. The predicted octanol–water partition coefficient (Wildman–Crippen LogP) is 4.82. The molecule has 160 valence electrons. The van der Waals surface area contributed by atoms with E-state index in [4.69, 9.17) is 9.47 Å². The summed E-state index contributed by atoms with van der Waals surface area (Å²) in [5, 5.41) is 0.499. The van der Waals surface area contributed by atoms with E-state index in [1.807, 2.05) is 70.2 Å². The van der Waals surface area contributed by atoms with E-state index in [2.05, 4.69) is 4.99 Å². The number of aryl methyl sites for hydroxylation is 1. The van der Waals surface area contributed by atoms with E-state index in [0.29, 0.717) is 22.4 Å². The molecular formula is C24H24N2O4S. The Kier molecular flexibility index (Phi) is 5.62. The van der Waals surface area contributed by atoms with E-state index in [9.17, 15) is 9.59 Å². The van der Waals surface area contributed by atoms with Crippen LogP contribution in [0.1, 0.15) is 31.9 Å². The molecule has 6 nitrogen and oxygen atoms in total. The van der Waals surface area contributed by atoms with Crippen LogP contribution in [0.25, 0.3) is 6.08 Å². The van der Waals surface area contributed by atoms with E-state index >= 15 is 0 Å². The van der Waals surface area contributed by atoms with Gasteiger partial charge in [-0.3, -0.25) is 14.5 Å². The van der Waals surface area contributed by atoms with Gasteiger partial charge in [-0.25, -0.2) is 4.99 Å². The highest BCUT2D eigenvalue weighted by Gasteiger charge is 2.33. The van der Waals surface area contributed by atoms with E-state index < -0.39 is 5.41 Å². The number of amidine groups is 1. The number of hydrogen-bond acceptors (Lipinski definition) is 6. The molecule has 0 spiro atoms. The molecular weight excluding hydrogens is 412 g/mol. The highest BCUT2D eigenvalue weighted by Crippen LogP contribution is 2.35. The second-order valence-corrected chi connectivity index (χ2v) is 9.42. The molecule has 0 fully saturated rings. The second-order valence-electron chi connectivity index (χ2n) is 8.47. The lowest BCUT2D eigenvalue weighted by atomic mass is 9.92. The number of thioether (sulfide) groups is 1. The average Bonchev–Trinajstić information content (AvgIpc) is 3.30. The van der Waals surface area contributed by atoms with E-state index in [0.717, 1.165) is 16.8 Å². The first-order valence-corrected chi connectivity index (χ1v) is 11.0. The summed E-state index contributed by atoms with van der Waals surface area (Å²) in [5.41, 5.74) is 2.47. The van der Waals surface area contributed by atoms with Crippen LogP contribution in [0.15, 0.2) is 53.2 Å². The quantitative estimate of drug-likeness (QED) is 0.643. The van der Waals surface area contributed by atoms with Gasteiger partial charge in [0.1, 0.15) is 11.5 Å². The molecule has 31 heavy (non-hydrogen) atoms. The average molecular weight is 437 g/mol. The van der Waals surface area contributed by atoms with Crippen molar-refractivity contribution < 1.29 is 19.1 Å². The normalized spacial score (nSPS) is 16.8. The summed E-state index contributed by atoms with van der Waals surface area (Å²) in [4.78, 5) is 31.9. The largest absolute Gasteiger partial charge is 0.454 e. The van der Waals surface area contributed by atoms with Crippen LogP contribution >= 0.6 is 11.8 Å². The molecule has 0 atom stereocenters. The van der Waals surface area contributed by atoms with E-state index in [1.165, 1.54) is 11.8 Å². The molecule has 0 saturated carbocycles. The SMILES string of the molecule is Cc1ccc(N2C(=O)C(=Cc3ccc4c(c3)OCO4)N=C2SCC(=O)C(C)(C)C)cc1. The number of benzene rings is 2. The lowest BCUT2D eigenvalue weighted by Gasteiger charge is -2.20. The molecule has 2 aliphatic heterocycles. The summed E-state index contributed by atoms with van der Waals surface area (Å²) in [6.45, 7) is 7.85. The molecule has 2 aromatic carbocycles. The number of fused-ring (bicyclic) bond motifs is 1. The lowest BCUT2D eigenvalue weighted by molar-refractivity contribution is -0.123. The van der Waals surface area contributed by atoms with Gasteiger partial charge in [0.05, 0.1) is 11.4 Å². The molecule has 0 saturated heterocycles. The zero-order chi connectivity index (χ0) is 22.2. The van der Waals surface area contributed by atoms with Gasteiger partial charge in [-0.2, -0.15) is 0 Å². The molecule has 0 unspecified atom stereocenters. The van der Waals surface area contributed by atoms with Crippen LogP contribution in [0.3, 0.4) is 0 Å². The molecule has 0 aliphatic carbocycles. The first kappa shape index (κ1) is 21.2. The Hall–Kier alpha value is -3.06. The van der Waals surface area contributed by atoms with Gasteiger partial charge in [-0.15, -0.1) is 0 Å². The molecule has 1 amide bonds. The fraction of sp³-hybridized carbons (Fsp3) is 0.292. The predicted molar refractivity (Wildman–Crippen MR) is 124 cm³/mol. The number of amides is 1. The highest BCUT2D eigenvalue weighted by molar-refractivity contribution is 8.14. The van der Waals surface area contributed by atoms with Crippen molar-refractivity contribution in [2.75, 3.05) is 17.4 Å². The minimum absolute atomic E-state index is 0.102. The summed E-state index contributed by atoms with van der Waals surface area (Å²) in [7, 11) is 0. The Bertz CT molecular complexity index is 1100. The van der Waals surface area contributed by atoms with Gasteiger partial charge < -0.3 is 9.47 Å². The zero-order valence-electron chi connectivity index (χ0n) is 18.0. The number of aliphatic imine (C=N–C) groups is 1. The molecule has 2 aliphatic rings. The van der Waals surface area contributed by atoms with Gasteiger partial charge in [-0.1, -0.05) is 56.3 Å². The molecule has 0 N–H and O–H groups in total. The van der Waals surface area contributed by atoms with Crippen molar-refractivity contribution in [1.29, 1.82) is 0 Å². The molecule has 4 rings (SSSR count). The van der Waals surface area contributed by atoms with Crippen LogP contribution in [0.5, 0.6) is 11.5 Å². The highest BCUT2D eigenvalue weighted by atomic mass is 32.2. The molecule has 2 aromatic rings. The van der Waals surface area contributed by atoms with E-state index in [1.54, 1.807) is 11.0 Å². The number of carbonyl (C=O) groups excluding carboxylic acids is 2. The minimum atomic E-state index is -0.448. The number of carbonyl (C=O) groups is 2. The number of rotatable bonds is 4. The summed E-state index contributed by atoms with van der Waals surface area (Å²) in [5.74, 6) is 1.44. The summed E-state index contributed by atoms with van der Waals surface area (Å²) in [6.07, 6.45) is 1.73. The summed E-state index contributed by atoms with van der Waals surface area (Å²) < 4.78 is 10.8. The van der Waals surface area contributed by atoms with Crippen LogP contribution in [-0.2, 0) is 9.59 Å². The Morgan fingerprint density at radius 2 is 1.84 bits per heavy atom. The summed E-state index contributed by atoms with van der Waals surface area (Å²) >= 11 is 1.28. The molecule has 0 bridgehead atoms.